The Morgan fingerprint density at radius 2 is 2.22 bits per heavy atom. The maximum absolute atomic E-state index is 13.3. The molecule has 122 valence electrons. The zero-order chi connectivity index (χ0) is 16.7. The topological polar surface area (TPSA) is 72.9 Å². The van der Waals surface area contributed by atoms with Crippen LogP contribution >= 0.6 is 11.6 Å². The monoisotopic (exact) mass is 344 g/mol. The Balaban J connectivity index is 2.21. The summed E-state index contributed by atoms with van der Waals surface area (Å²) in [7, 11) is 0. The van der Waals surface area contributed by atoms with Crippen LogP contribution in [0.3, 0.4) is 0 Å². The van der Waals surface area contributed by atoms with Gasteiger partial charge in [0.1, 0.15) is 17.6 Å². The molecule has 1 unspecified atom stereocenters. The molecule has 1 atom stereocenters. The molecular formula is C14H12ClF3N4O. The Morgan fingerprint density at radius 1 is 1.48 bits per heavy atom. The van der Waals surface area contributed by atoms with E-state index < -0.39 is 24.2 Å². The molecule has 1 aromatic heterocycles. The van der Waals surface area contributed by atoms with Crippen molar-refractivity contribution in [3.8, 4) is 11.3 Å². The molecule has 2 aromatic rings. The minimum Gasteiger partial charge on any atom is -0.365 e. The fourth-order valence-electron chi connectivity index (χ4n) is 2.64. The lowest BCUT2D eigenvalue weighted by Gasteiger charge is -2.25. The lowest BCUT2D eigenvalue weighted by molar-refractivity contribution is 0.0676. The van der Waals surface area contributed by atoms with E-state index in [4.69, 9.17) is 17.3 Å². The predicted molar refractivity (Wildman–Crippen MR) is 77.9 cm³/mol. The third-order valence-electron chi connectivity index (χ3n) is 3.70. The molecule has 1 aromatic carbocycles. The van der Waals surface area contributed by atoms with Gasteiger partial charge in [0.2, 0.25) is 0 Å². The Labute approximate surface area is 134 Å². The predicted octanol–water partition coefficient (Wildman–Crippen LogP) is 2.35. The van der Waals surface area contributed by atoms with E-state index in [0.29, 0.717) is 5.56 Å². The first-order valence-electron chi connectivity index (χ1n) is 6.75. The van der Waals surface area contributed by atoms with Crippen LogP contribution in [-0.2, 0) is 6.54 Å². The number of nitrogens with zero attached hydrogens (tertiary/aromatic N) is 2. The Bertz CT molecular complexity index is 778. The molecule has 0 fully saturated rings. The number of rotatable bonds is 3. The molecule has 5 nitrogen and oxygen atoms in total. The highest BCUT2D eigenvalue weighted by molar-refractivity contribution is 6.31. The second kappa shape index (κ2) is 5.86. The van der Waals surface area contributed by atoms with E-state index in [-0.39, 0.29) is 35.1 Å². The summed E-state index contributed by atoms with van der Waals surface area (Å²) in [4.78, 5) is 11.8. The van der Waals surface area contributed by atoms with Crippen molar-refractivity contribution in [1.29, 1.82) is 0 Å². The maximum Gasteiger partial charge on any atom is 0.261 e. The highest BCUT2D eigenvalue weighted by Gasteiger charge is 2.33. The number of benzene rings is 1. The van der Waals surface area contributed by atoms with E-state index in [2.05, 4.69) is 10.4 Å². The molecule has 0 radical (unpaired) electrons. The van der Waals surface area contributed by atoms with Crippen molar-refractivity contribution in [3.05, 3.63) is 40.3 Å². The maximum atomic E-state index is 13.3. The molecule has 9 heteroatoms. The minimum absolute atomic E-state index is 0.0220. The van der Waals surface area contributed by atoms with Crippen molar-refractivity contribution in [2.45, 2.75) is 19.0 Å². The van der Waals surface area contributed by atoms with Gasteiger partial charge in [-0.1, -0.05) is 11.6 Å². The largest absolute Gasteiger partial charge is 0.365 e. The summed E-state index contributed by atoms with van der Waals surface area (Å²) in [5.41, 5.74) is 6.16. The van der Waals surface area contributed by atoms with E-state index in [1.807, 2.05) is 0 Å². The number of hydrogen-bond donors (Lipinski definition) is 2. The number of amides is 1. The molecule has 0 aliphatic carbocycles. The van der Waals surface area contributed by atoms with E-state index in [9.17, 15) is 18.0 Å². The number of aromatic nitrogens is 2. The first-order valence-corrected chi connectivity index (χ1v) is 7.13. The van der Waals surface area contributed by atoms with Crippen LogP contribution in [0, 0.1) is 5.82 Å². The Hall–Kier alpha value is -2.06. The molecule has 3 rings (SSSR count). The summed E-state index contributed by atoms with van der Waals surface area (Å²) in [6.07, 6.45) is -2.66. The summed E-state index contributed by atoms with van der Waals surface area (Å²) < 4.78 is 40.8. The van der Waals surface area contributed by atoms with Gasteiger partial charge >= 0.3 is 0 Å². The zero-order valence-electron chi connectivity index (χ0n) is 11.7. The molecule has 0 saturated carbocycles. The summed E-state index contributed by atoms with van der Waals surface area (Å²) in [6.45, 7) is 0.206. The molecule has 0 saturated heterocycles. The summed E-state index contributed by atoms with van der Waals surface area (Å²) in [5.74, 6) is -1.43. The van der Waals surface area contributed by atoms with Gasteiger partial charge in [0.25, 0.3) is 12.3 Å². The van der Waals surface area contributed by atoms with Crippen molar-refractivity contribution >= 4 is 17.5 Å². The van der Waals surface area contributed by atoms with Gasteiger partial charge < -0.3 is 11.1 Å². The molecule has 2 heterocycles. The molecular weight excluding hydrogens is 333 g/mol. The van der Waals surface area contributed by atoms with E-state index in [1.54, 1.807) is 0 Å². The second-order valence-electron chi connectivity index (χ2n) is 5.14. The minimum atomic E-state index is -2.66. The van der Waals surface area contributed by atoms with E-state index >= 15 is 0 Å². The fraction of sp³-hybridized carbons (Fsp3) is 0.286. The lowest BCUT2D eigenvalue weighted by Crippen LogP contribution is -2.38. The molecule has 0 spiro atoms. The number of fused-ring (bicyclic) bond motifs is 1. The van der Waals surface area contributed by atoms with Crippen LogP contribution in [0.4, 0.5) is 13.2 Å². The number of nitrogens with one attached hydrogen (secondary N) is 1. The van der Waals surface area contributed by atoms with Gasteiger partial charge in [0.05, 0.1) is 16.3 Å². The quantitative estimate of drug-likeness (QED) is 0.897. The van der Waals surface area contributed by atoms with Gasteiger partial charge in [-0.3, -0.25) is 9.48 Å². The summed E-state index contributed by atoms with van der Waals surface area (Å²) >= 11 is 5.74. The Kier molecular flexibility index (Phi) is 4.03. The average Bonchev–Trinajstić information content (AvgIpc) is 2.89. The van der Waals surface area contributed by atoms with Crippen LogP contribution in [0.1, 0.15) is 22.1 Å². The number of hydrogen-bond acceptors (Lipinski definition) is 3. The molecule has 0 bridgehead atoms. The van der Waals surface area contributed by atoms with Gasteiger partial charge in [0.15, 0.2) is 0 Å². The third-order valence-corrected chi connectivity index (χ3v) is 3.99. The van der Waals surface area contributed by atoms with E-state index in [0.717, 1.165) is 10.7 Å². The molecule has 1 amide bonds. The highest BCUT2D eigenvalue weighted by Crippen LogP contribution is 2.32. The first-order chi connectivity index (χ1) is 10.9. The van der Waals surface area contributed by atoms with Crippen molar-refractivity contribution < 1.29 is 18.0 Å². The number of alkyl halides is 2. The van der Waals surface area contributed by atoms with Crippen LogP contribution in [0.5, 0.6) is 0 Å². The molecule has 3 N–H and O–H groups in total. The first kappa shape index (κ1) is 15.8. The standard InChI is InChI=1S/C14H12ClF3N4O/c15-7-3-6(1-2-8(7)16)12-11(14(19)23)9-4-20-5-10(13(17)18)22(9)21-12/h1-3,10,13,20H,4-5H2,(H2,19,23). The van der Waals surface area contributed by atoms with E-state index in [1.165, 1.54) is 12.1 Å². The van der Waals surface area contributed by atoms with Gasteiger partial charge in [-0.25, -0.2) is 13.2 Å². The van der Waals surface area contributed by atoms with Crippen molar-refractivity contribution in [2.75, 3.05) is 6.54 Å². The number of nitrogens with two attached hydrogens (primary N) is 1. The van der Waals surface area contributed by atoms with Crippen LogP contribution in [0.2, 0.25) is 5.02 Å². The number of carbonyl (C=O) groups is 1. The number of primary amides is 1. The highest BCUT2D eigenvalue weighted by atomic mass is 35.5. The average molecular weight is 345 g/mol. The van der Waals surface area contributed by atoms with Gasteiger partial charge in [-0.2, -0.15) is 5.10 Å². The van der Waals surface area contributed by atoms with Gasteiger partial charge in [0, 0.05) is 18.7 Å². The Morgan fingerprint density at radius 3 is 2.83 bits per heavy atom. The van der Waals surface area contributed by atoms with Gasteiger partial charge in [-0.15, -0.1) is 0 Å². The molecule has 1 aliphatic heterocycles. The van der Waals surface area contributed by atoms with Crippen molar-refractivity contribution in [1.82, 2.24) is 15.1 Å². The fourth-order valence-corrected chi connectivity index (χ4v) is 2.82. The SMILES string of the molecule is NC(=O)c1c(-c2ccc(F)c(Cl)c2)nn2c1CNCC2C(F)F. The van der Waals surface area contributed by atoms with Crippen LogP contribution < -0.4 is 11.1 Å². The number of carbonyl (C=O) groups excluding carboxylic acids is 1. The smallest absolute Gasteiger partial charge is 0.261 e. The van der Waals surface area contributed by atoms with Crippen LogP contribution in [-0.4, -0.2) is 28.7 Å². The summed E-state index contributed by atoms with van der Waals surface area (Å²) in [6, 6.07) is 2.56. The zero-order valence-corrected chi connectivity index (χ0v) is 12.4. The van der Waals surface area contributed by atoms with Crippen LogP contribution in [0.25, 0.3) is 11.3 Å². The molecule has 1 aliphatic rings. The van der Waals surface area contributed by atoms with Gasteiger partial charge in [-0.05, 0) is 18.2 Å². The number of halogens is 4. The normalized spacial score (nSPS) is 17.3. The molecule has 23 heavy (non-hydrogen) atoms. The van der Waals surface area contributed by atoms with Crippen molar-refractivity contribution in [3.63, 3.8) is 0 Å². The summed E-state index contributed by atoms with van der Waals surface area (Å²) in [5, 5.41) is 6.79. The second-order valence-corrected chi connectivity index (χ2v) is 5.55. The lowest BCUT2D eigenvalue weighted by atomic mass is 10.0. The van der Waals surface area contributed by atoms with Crippen molar-refractivity contribution in [2.24, 2.45) is 5.73 Å². The third kappa shape index (κ3) is 2.68. The van der Waals surface area contributed by atoms with Crippen LogP contribution in [0.15, 0.2) is 18.2 Å².